The number of pyridine rings is 1. The molecule has 0 amide bonds. The first-order valence-electron chi connectivity index (χ1n) is 5.58. The third-order valence-electron chi connectivity index (χ3n) is 2.70. The van der Waals surface area contributed by atoms with Gasteiger partial charge in [0.2, 0.25) is 0 Å². The number of imidazole rings is 1. The van der Waals surface area contributed by atoms with Crippen molar-refractivity contribution in [3.8, 4) is 0 Å². The Kier molecular flexibility index (Phi) is 2.98. The predicted molar refractivity (Wildman–Crippen MR) is 75.4 cm³/mol. The van der Waals surface area contributed by atoms with Crippen LogP contribution in [0.5, 0.6) is 0 Å². The minimum atomic E-state index is 0.705. The molecule has 0 bridgehead atoms. The zero-order chi connectivity index (χ0) is 12.4. The fourth-order valence-electron chi connectivity index (χ4n) is 1.85. The lowest BCUT2D eigenvalue weighted by Gasteiger charge is -2.08. The molecule has 0 saturated heterocycles. The molecule has 0 atom stereocenters. The largest absolute Gasteiger partial charge is 0.378 e. The highest BCUT2D eigenvalue weighted by molar-refractivity contribution is 9.10. The van der Waals surface area contributed by atoms with Gasteiger partial charge in [-0.1, -0.05) is 12.1 Å². The van der Waals surface area contributed by atoms with Gasteiger partial charge in [0.15, 0.2) is 0 Å². The number of fused-ring (bicyclic) bond motifs is 1. The molecule has 2 aromatic heterocycles. The Balaban J connectivity index is 1.92. The molecule has 0 unspecified atom stereocenters. The van der Waals surface area contributed by atoms with Crippen molar-refractivity contribution in [2.75, 3.05) is 5.32 Å². The Labute approximate surface area is 113 Å². The molecule has 5 heteroatoms. The second-order valence-electron chi connectivity index (χ2n) is 3.96. The number of aromatic nitrogens is 3. The smallest absolute Gasteiger partial charge is 0.0934 e. The molecule has 0 saturated carbocycles. The summed E-state index contributed by atoms with van der Waals surface area (Å²) in [6.07, 6.45) is 5.29. The molecule has 0 aliphatic heterocycles. The maximum atomic E-state index is 4.45. The van der Waals surface area contributed by atoms with E-state index in [-0.39, 0.29) is 0 Å². The van der Waals surface area contributed by atoms with Gasteiger partial charge in [-0.25, -0.2) is 4.98 Å². The molecule has 1 aromatic carbocycles. The number of benzene rings is 1. The molecule has 2 N–H and O–H groups in total. The topological polar surface area (TPSA) is 53.6 Å². The number of rotatable bonds is 3. The van der Waals surface area contributed by atoms with Crippen molar-refractivity contribution < 1.29 is 0 Å². The van der Waals surface area contributed by atoms with Crippen molar-refractivity contribution in [3.63, 3.8) is 0 Å². The van der Waals surface area contributed by atoms with Gasteiger partial charge in [-0.3, -0.25) is 4.98 Å². The van der Waals surface area contributed by atoms with E-state index in [1.165, 1.54) is 0 Å². The number of nitrogens with zero attached hydrogens (tertiary/aromatic N) is 2. The lowest BCUT2D eigenvalue weighted by atomic mass is 10.2. The zero-order valence-electron chi connectivity index (χ0n) is 9.52. The van der Waals surface area contributed by atoms with Crippen molar-refractivity contribution in [1.29, 1.82) is 0 Å². The lowest BCUT2D eigenvalue weighted by Crippen LogP contribution is -2.00. The van der Waals surface area contributed by atoms with Gasteiger partial charge in [0, 0.05) is 22.3 Å². The predicted octanol–water partition coefficient (Wildman–Crippen LogP) is 3.33. The van der Waals surface area contributed by atoms with Gasteiger partial charge in [-0.05, 0) is 28.1 Å². The Morgan fingerprint density at radius 2 is 2.22 bits per heavy atom. The second kappa shape index (κ2) is 4.78. The van der Waals surface area contributed by atoms with E-state index >= 15 is 0 Å². The number of hydrogen-bond acceptors (Lipinski definition) is 3. The average Bonchev–Trinajstić information content (AvgIpc) is 2.89. The quantitative estimate of drug-likeness (QED) is 0.780. The van der Waals surface area contributed by atoms with Crippen LogP contribution in [0.25, 0.3) is 10.9 Å². The number of halogens is 1. The average molecular weight is 303 g/mol. The maximum Gasteiger partial charge on any atom is 0.0934 e. The minimum absolute atomic E-state index is 0.705. The van der Waals surface area contributed by atoms with E-state index in [1.807, 2.05) is 24.5 Å². The van der Waals surface area contributed by atoms with Gasteiger partial charge in [0.25, 0.3) is 0 Å². The van der Waals surface area contributed by atoms with Gasteiger partial charge < -0.3 is 10.3 Å². The second-order valence-corrected chi connectivity index (χ2v) is 4.88. The highest BCUT2D eigenvalue weighted by atomic mass is 79.9. The van der Waals surface area contributed by atoms with Crippen LogP contribution in [0.1, 0.15) is 5.69 Å². The summed E-state index contributed by atoms with van der Waals surface area (Å²) in [7, 11) is 0. The molecule has 2 heterocycles. The van der Waals surface area contributed by atoms with Gasteiger partial charge in [-0.15, -0.1) is 0 Å². The Morgan fingerprint density at radius 1 is 1.28 bits per heavy atom. The lowest BCUT2D eigenvalue weighted by molar-refractivity contribution is 1.08. The molecule has 0 spiro atoms. The molecular formula is C13H11BrN4. The van der Waals surface area contributed by atoms with Crippen molar-refractivity contribution >= 4 is 32.5 Å². The van der Waals surface area contributed by atoms with E-state index in [0.29, 0.717) is 6.54 Å². The van der Waals surface area contributed by atoms with Crippen molar-refractivity contribution in [2.24, 2.45) is 0 Å². The highest BCUT2D eigenvalue weighted by Crippen LogP contribution is 2.24. The summed E-state index contributed by atoms with van der Waals surface area (Å²) in [5, 5.41) is 4.47. The van der Waals surface area contributed by atoms with Crippen molar-refractivity contribution in [1.82, 2.24) is 15.0 Å². The van der Waals surface area contributed by atoms with Crippen LogP contribution in [0.15, 0.2) is 47.5 Å². The van der Waals surface area contributed by atoms with Gasteiger partial charge >= 0.3 is 0 Å². The van der Waals surface area contributed by atoms with Crippen LogP contribution < -0.4 is 5.32 Å². The first-order valence-corrected chi connectivity index (χ1v) is 6.37. The van der Waals surface area contributed by atoms with Gasteiger partial charge in [0.05, 0.1) is 29.8 Å². The minimum Gasteiger partial charge on any atom is -0.378 e. The van der Waals surface area contributed by atoms with Crippen LogP contribution in [-0.2, 0) is 6.54 Å². The SMILES string of the molecule is Brc1cnc2c(NCc3cnc[nH]3)cccc2c1. The molecule has 90 valence electrons. The number of aromatic amines is 1. The van der Waals surface area contributed by atoms with Crippen molar-refractivity contribution in [2.45, 2.75) is 6.54 Å². The monoisotopic (exact) mass is 302 g/mol. The normalized spacial score (nSPS) is 10.7. The Morgan fingerprint density at radius 3 is 3.06 bits per heavy atom. The number of anilines is 1. The number of nitrogens with one attached hydrogen (secondary N) is 2. The highest BCUT2D eigenvalue weighted by Gasteiger charge is 2.03. The molecule has 0 aliphatic carbocycles. The maximum absolute atomic E-state index is 4.45. The number of hydrogen-bond donors (Lipinski definition) is 2. The summed E-state index contributed by atoms with van der Waals surface area (Å²) >= 11 is 3.43. The van der Waals surface area contributed by atoms with Crippen LogP contribution >= 0.6 is 15.9 Å². The van der Waals surface area contributed by atoms with Crippen LogP contribution in [0.3, 0.4) is 0 Å². The summed E-state index contributed by atoms with van der Waals surface area (Å²) in [4.78, 5) is 11.5. The molecule has 0 radical (unpaired) electrons. The van der Waals surface area contributed by atoms with Gasteiger partial charge in [0.1, 0.15) is 0 Å². The van der Waals surface area contributed by atoms with E-state index in [2.05, 4.69) is 48.3 Å². The van der Waals surface area contributed by atoms with Crippen LogP contribution in [0.2, 0.25) is 0 Å². The molecule has 3 rings (SSSR count). The van der Waals surface area contributed by atoms with E-state index in [0.717, 1.165) is 26.8 Å². The molecule has 4 nitrogen and oxygen atoms in total. The van der Waals surface area contributed by atoms with E-state index in [4.69, 9.17) is 0 Å². The van der Waals surface area contributed by atoms with Gasteiger partial charge in [-0.2, -0.15) is 0 Å². The van der Waals surface area contributed by atoms with Crippen LogP contribution in [-0.4, -0.2) is 15.0 Å². The Bertz CT molecular complexity index is 664. The summed E-state index contributed by atoms with van der Waals surface area (Å²) < 4.78 is 0.987. The molecule has 18 heavy (non-hydrogen) atoms. The molecule has 0 aliphatic rings. The zero-order valence-corrected chi connectivity index (χ0v) is 11.1. The summed E-state index contributed by atoms with van der Waals surface area (Å²) in [6.45, 7) is 0.705. The van der Waals surface area contributed by atoms with Crippen LogP contribution in [0, 0.1) is 0 Å². The third kappa shape index (κ3) is 2.22. The summed E-state index contributed by atoms with van der Waals surface area (Å²) in [5.41, 5.74) is 3.04. The fraction of sp³-hybridized carbons (Fsp3) is 0.0769. The molecule has 0 fully saturated rings. The first-order chi connectivity index (χ1) is 8.83. The van der Waals surface area contributed by atoms with Crippen LogP contribution in [0.4, 0.5) is 5.69 Å². The number of H-pyrrole nitrogens is 1. The summed E-state index contributed by atoms with van der Waals surface area (Å²) in [6, 6.07) is 8.16. The number of para-hydroxylation sites is 1. The van der Waals surface area contributed by atoms with E-state index < -0.39 is 0 Å². The van der Waals surface area contributed by atoms with Crippen molar-refractivity contribution in [3.05, 3.63) is 53.2 Å². The third-order valence-corrected chi connectivity index (χ3v) is 3.14. The summed E-state index contributed by atoms with van der Waals surface area (Å²) in [5.74, 6) is 0. The van der Waals surface area contributed by atoms with E-state index in [1.54, 1.807) is 6.33 Å². The molecule has 3 aromatic rings. The first kappa shape index (κ1) is 11.2. The Hall–Kier alpha value is -1.88. The standard InChI is InChI=1S/C13H11BrN4/c14-10-4-9-2-1-3-12(13(9)17-5-10)16-7-11-6-15-8-18-11/h1-6,8,16H,7H2,(H,15,18). The van der Waals surface area contributed by atoms with E-state index in [9.17, 15) is 0 Å². The molecular weight excluding hydrogens is 292 g/mol. The fourth-order valence-corrected chi connectivity index (χ4v) is 2.20.